The lowest BCUT2D eigenvalue weighted by Crippen LogP contribution is -1.98. The quantitative estimate of drug-likeness (QED) is 0.116. The largest absolute Gasteiger partial charge is 0.256 e. The Bertz CT molecular complexity index is 3130. The van der Waals surface area contributed by atoms with Gasteiger partial charge in [-0.2, -0.15) is 5.26 Å². The molecule has 2 heteroatoms. The van der Waals surface area contributed by atoms with Gasteiger partial charge >= 0.3 is 0 Å². The van der Waals surface area contributed by atoms with Gasteiger partial charge in [-0.1, -0.05) is 206 Å². The van der Waals surface area contributed by atoms with Crippen LogP contribution in [0, 0.1) is 11.3 Å². The molecule has 0 aliphatic carbocycles. The first-order valence-electron chi connectivity index (χ1n) is 22.8. The van der Waals surface area contributed by atoms with E-state index in [0.717, 1.165) is 53.6 Å². The van der Waals surface area contributed by atoms with Crippen LogP contribution in [0.2, 0.25) is 0 Å². The average Bonchev–Trinajstić information content (AvgIpc) is 3.40. The van der Waals surface area contributed by atoms with Crippen molar-refractivity contribution in [2.75, 3.05) is 0 Å². The molecule has 0 unspecified atom stereocenters. The Hall–Kier alpha value is -8.38. The van der Waals surface area contributed by atoms with E-state index in [1.807, 2.05) is 42.6 Å². The zero-order valence-corrected chi connectivity index (χ0v) is 36.8. The van der Waals surface area contributed by atoms with Crippen molar-refractivity contribution in [3.05, 3.63) is 271 Å². The Morgan fingerprint density at radius 1 is 0.288 bits per heavy atom. The molecule has 10 rings (SSSR count). The topological polar surface area (TPSA) is 36.7 Å². The smallest absolute Gasteiger partial charge is 0.0991 e. The molecule has 66 heavy (non-hydrogen) atoms. The van der Waals surface area contributed by atoms with E-state index >= 15 is 0 Å². The lowest BCUT2D eigenvalue weighted by Gasteiger charge is -2.18. The van der Waals surface area contributed by atoms with Gasteiger partial charge in [0, 0.05) is 11.8 Å². The summed E-state index contributed by atoms with van der Waals surface area (Å²) in [7, 11) is 0. The molecule has 314 valence electrons. The van der Waals surface area contributed by atoms with Gasteiger partial charge < -0.3 is 0 Å². The highest BCUT2D eigenvalue weighted by Gasteiger charge is 2.16. The van der Waals surface area contributed by atoms with E-state index in [1.165, 1.54) is 72.3 Å². The molecule has 0 aliphatic rings. The zero-order valence-electron chi connectivity index (χ0n) is 36.8. The van der Waals surface area contributed by atoms with Crippen molar-refractivity contribution in [2.24, 2.45) is 0 Å². The van der Waals surface area contributed by atoms with Crippen molar-refractivity contribution >= 4 is 0 Å². The van der Waals surface area contributed by atoms with Crippen LogP contribution in [-0.2, 0) is 25.7 Å². The van der Waals surface area contributed by atoms with E-state index in [9.17, 15) is 5.26 Å². The molecule has 9 aromatic carbocycles. The van der Waals surface area contributed by atoms with Crippen LogP contribution in [0.5, 0.6) is 0 Å². The summed E-state index contributed by atoms with van der Waals surface area (Å²) in [6.07, 6.45) is 5.62. The molecule has 1 heterocycles. The van der Waals surface area contributed by atoms with Crippen LogP contribution in [0.1, 0.15) is 27.8 Å². The van der Waals surface area contributed by atoms with E-state index in [0.29, 0.717) is 5.56 Å². The Labute approximate surface area is 388 Å². The van der Waals surface area contributed by atoms with Crippen LogP contribution in [0.15, 0.2) is 243 Å². The first-order valence-corrected chi connectivity index (χ1v) is 22.8. The fourth-order valence-electron chi connectivity index (χ4n) is 9.03. The minimum atomic E-state index is 0.662. The van der Waals surface area contributed by atoms with Crippen LogP contribution >= 0.6 is 0 Å². The monoisotopic (exact) mass is 844 g/mol. The van der Waals surface area contributed by atoms with E-state index in [2.05, 4.69) is 211 Å². The Balaban J connectivity index is 1.01. The summed E-state index contributed by atoms with van der Waals surface area (Å²) in [6, 6.07) is 87.3. The van der Waals surface area contributed by atoms with Gasteiger partial charge in [-0.3, -0.25) is 4.98 Å². The van der Waals surface area contributed by atoms with Gasteiger partial charge in [0.25, 0.3) is 0 Å². The molecule has 0 saturated carbocycles. The van der Waals surface area contributed by atoms with E-state index in [-0.39, 0.29) is 0 Å². The number of nitriles is 1. The number of benzene rings is 9. The molecule has 0 atom stereocenters. The fraction of sp³-hybridized carbons (Fsp3) is 0.0625. The van der Waals surface area contributed by atoms with Gasteiger partial charge in [-0.25, -0.2) is 0 Å². The normalized spacial score (nSPS) is 11.0. The Kier molecular flexibility index (Phi) is 12.3. The maximum atomic E-state index is 9.36. The maximum Gasteiger partial charge on any atom is 0.0991 e. The molecule has 0 amide bonds. The van der Waals surface area contributed by atoms with E-state index in [1.54, 1.807) is 0 Å². The molecule has 1 aromatic heterocycles. The minimum absolute atomic E-state index is 0.662. The number of pyridine rings is 1. The van der Waals surface area contributed by atoms with Gasteiger partial charge in [-0.05, 0) is 145 Å². The van der Waals surface area contributed by atoms with Gasteiger partial charge in [-0.15, -0.1) is 0 Å². The summed E-state index contributed by atoms with van der Waals surface area (Å²) >= 11 is 0. The molecular weight excluding hydrogens is 797 g/mol. The first-order chi connectivity index (χ1) is 32.6. The van der Waals surface area contributed by atoms with Crippen LogP contribution in [0.25, 0.3) is 78.0 Å². The van der Waals surface area contributed by atoms with Crippen LogP contribution in [-0.4, -0.2) is 4.98 Å². The molecule has 0 aliphatic heterocycles. The van der Waals surface area contributed by atoms with Crippen LogP contribution < -0.4 is 0 Å². The highest BCUT2D eigenvalue weighted by atomic mass is 14.7. The van der Waals surface area contributed by atoms with Crippen molar-refractivity contribution in [1.29, 1.82) is 5.26 Å². The summed E-state index contributed by atoms with van der Waals surface area (Å²) in [5.41, 5.74) is 22.3. The Morgan fingerprint density at radius 3 is 1.30 bits per heavy atom. The summed E-state index contributed by atoms with van der Waals surface area (Å²) in [5, 5.41) is 9.36. The minimum Gasteiger partial charge on any atom is -0.256 e. The molecule has 0 radical (unpaired) electrons. The molecule has 2 nitrogen and oxygen atoms in total. The molecular formula is C64H48N2. The van der Waals surface area contributed by atoms with Crippen LogP contribution in [0.3, 0.4) is 0 Å². The second kappa shape index (κ2) is 19.6. The third kappa shape index (κ3) is 9.58. The third-order valence-corrected chi connectivity index (χ3v) is 12.6. The van der Waals surface area contributed by atoms with E-state index < -0.39 is 0 Å². The molecule has 0 spiro atoms. The number of aromatic nitrogens is 1. The molecule has 0 fully saturated rings. The van der Waals surface area contributed by atoms with Crippen molar-refractivity contribution in [1.82, 2.24) is 4.98 Å². The summed E-state index contributed by atoms with van der Waals surface area (Å²) in [4.78, 5) is 4.56. The summed E-state index contributed by atoms with van der Waals surface area (Å²) in [5.74, 6) is 0. The standard InChI is InChI=1S/C64H48N2/c65-45-48-26-30-54(31-27-48)55-34-36-56(37-35-55)63-44-58(52-13-5-2-6-14-52)38-39-62(63)61-16-8-7-15-60(61)59-42-49(20-18-46-22-28-53(29-23-46)51-11-3-1-4-12-51)41-50(43-59)21-19-47-24-32-57(33-25-47)64-17-9-10-40-66-64/h1-17,22-44H,18-21H2. The lowest BCUT2D eigenvalue weighted by atomic mass is 9.86. The molecule has 10 aromatic rings. The number of hydrogen-bond acceptors (Lipinski definition) is 2. The van der Waals surface area contributed by atoms with Gasteiger partial charge in [0.05, 0.1) is 17.3 Å². The van der Waals surface area contributed by atoms with E-state index in [4.69, 9.17) is 0 Å². The second-order valence-electron chi connectivity index (χ2n) is 17.0. The highest BCUT2D eigenvalue weighted by Crippen LogP contribution is 2.41. The third-order valence-electron chi connectivity index (χ3n) is 12.6. The number of aryl methyl sites for hydroxylation is 4. The van der Waals surface area contributed by atoms with Crippen molar-refractivity contribution in [3.8, 4) is 84.1 Å². The van der Waals surface area contributed by atoms with Crippen LogP contribution in [0.4, 0.5) is 0 Å². The predicted molar refractivity (Wildman–Crippen MR) is 275 cm³/mol. The van der Waals surface area contributed by atoms with Crippen molar-refractivity contribution < 1.29 is 0 Å². The SMILES string of the molecule is N#Cc1ccc(-c2ccc(-c3cc(-c4ccccc4)ccc3-c3ccccc3-c3cc(CCc4ccc(-c5ccccc5)cc4)cc(CCc4ccc(-c5ccccn5)cc4)c3)cc2)cc1. The number of hydrogen-bond donors (Lipinski definition) is 0. The molecule has 0 bridgehead atoms. The van der Waals surface area contributed by atoms with Gasteiger partial charge in [0.1, 0.15) is 0 Å². The molecule has 0 saturated heterocycles. The summed E-state index contributed by atoms with van der Waals surface area (Å²) < 4.78 is 0. The average molecular weight is 845 g/mol. The lowest BCUT2D eigenvalue weighted by molar-refractivity contribution is 0.931. The zero-order chi connectivity index (χ0) is 44.5. The fourth-order valence-corrected chi connectivity index (χ4v) is 9.03. The maximum absolute atomic E-state index is 9.36. The first kappa shape index (κ1) is 41.6. The van der Waals surface area contributed by atoms with Crippen molar-refractivity contribution in [2.45, 2.75) is 25.7 Å². The highest BCUT2D eigenvalue weighted by molar-refractivity contribution is 5.94. The van der Waals surface area contributed by atoms with Crippen molar-refractivity contribution in [3.63, 3.8) is 0 Å². The number of rotatable bonds is 13. The Morgan fingerprint density at radius 2 is 0.727 bits per heavy atom. The predicted octanol–water partition coefficient (Wildman–Crippen LogP) is 16.2. The molecule has 0 N–H and O–H groups in total. The second-order valence-corrected chi connectivity index (χ2v) is 17.0. The van der Waals surface area contributed by atoms with Gasteiger partial charge in [0.15, 0.2) is 0 Å². The number of nitrogens with zero attached hydrogens (tertiary/aromatic N) is 2. The summed E-state index contributed by atoms with van der Waals surface area (Å²) in [6.45, 7) is 0. The van der Waals surface area contributed by atoms with Gasteiger partial charge in [0.2, 0.25) is 0 Å².